The highest BCUT2D eigenvalue weighted by Crippen LogP contribution is 2.29. The Kier molecular flexibility index (Phi) is 4.25. The van der Waals surface area contributed by atoms with Gasteiger partial charge >= 0.3 is 0 Å². The van der Waals surface area contributed by atoms with Crippen molar-refractivity contribution < 1.29 is 13.2 Å². The van der Waals surface area contributed by atoms with Gasteiger partial charge in [-0.1, -0.05) is 17.7 Å². The lowest BCUT2D eigenvalue weighted by Gasteiger charge is -2.07. The van der Waals surface area contributed by atoms with E-state index in [9.17, 15) is 13.2 Å². The van der Waals surface area contributed by atoms with E-state index in [0.717, 1.165) is 22.4 Å². The molecule has 0 aliphatic carbocycles. The SMILES string of the molecule is Cc1ccc(C)c(-c2csc(NC(=O)[C@H]3CCS(=O)(=O)C3)n2)c1. The van der Waals surface area contributed by atoms with Gasteiger partial charge < -0.3 is 5.32 Å². The van der Waals surface area contributed by atoms with Crippen molar-refractivity contribution in [2.45, 2.75) is 20.3 Å². The van der Waals surface area contributed by atoms with Crippen molar-refractivity contribution in [1.29, 1.82) is 0 Å². The topological polar surface area (TPSA) is 76.1 Å². The fraction of sp³-hybridized carbons (Fsp3) is 0.375. The molecule has 0 spiro atoms. The van der Waals surface area contributed by atoms with Crippen LogP contribution in [0.25, 0.3) is 11.3 Å². The van der Waals surface area contributed by atoms with Gasteiger partial charge in [-0.15, -0.1) is 11.3 Å². The number of carbonyl (C=O) groups excluding carboxylic acids is 1. The highest BCUT2D eigenvalue weighted by molar-refractivity contribution is 7.91. The van der Waals surface area contributed by atoms with E-state index in [1.807, 2.05) is 25.3 Å². The summed E-state index contributed by atoms with van der Waals surface area (Å²) in [4.78, 5) is 16.6. The third kappa shape index (κ3) is 3.61. The van der Waals surface area contributed by atoms with Crippen molar-refractivity contribution in [3.05, 3.63) is 34.7 Å². The molecule has 1 aliphatic heterocycles. The number of thiazole rings is 1. The summed E-state index contributed by atoms with van der Waals surface area (Å²) in [5, 5.41) is 5.16. The van der Waals surface area contributed by atoms with E-state index in [2.05, 4.69) is 22.4 Å². The molecule has 2 heterocycles. The second-order valence-electron chi connectivity index (χ2n) is 5.95. The molecule has 0 saturated carbocycles. The third-order valence-corrected chi connectivity index (χ3v) is 6.53. The average Bonchev–Trinajstić information content (AvgIpc) is 3.08. The monoisotopic (exact) mass is 350 g/mol. The van der Waals surface area contributed by atoms with Crippen LogP contribution in [0.3, 0.4) is 0 Å². The van der Waals surface area contributed by atoms with E-state index in [1.165, 1.54) is 11.3 Å². The fourth-order valence-electron chi connectivity index (χ4n) is 2.68. The molecule has 1 aliphatic rings. The molecule has 0 unspecified atom stereocenters. The predicted octanol–water partition coefficient (Wildman–Crippen LogP) is 2.80. The lowest BCUT2D eigenvalue weighted by Crippen LogP contribution is -2.23. The van der Waals surface area contributed by atoms with Gasteiger partial charge in [0.25, 0.3) is 0 Å². The first kappa shape index (κ1) is 16.1. The molecule has 5 nitrogen and oxygen atoms in total. The van der Waals surface area contributed by atoms with Crippen LogP contribution >= 0.6 is 11.3 Å². The molecular weight excluding hydrogens is 332 g/mol. The maximum atomic E-state index is 12.2. The van der Waals surface area contributed by atoms with Crippen LogP contribution in [0.1, 0.15) is 17.5 Å². The lowest BCUT2D eigenvalue weighted by atomic mass is 10.0. The van der Waals surface area contributed by atoms with Gasteiger partial charge in [0.2, 0.25) is 5.91 Å². The van der Waals surface area contributed by atoms with Crippen LogP contribution in [0.2, 0.25) is 0 Å². The Balaban J connectivity index is 1.75. The fourth-order valence-corrected chi connectivity index (χ4v) is 5.13. The number of rotatable bonds is 3. The maximum absolute atomic E-state index is 12.2. The molecule has 1 atom stereocenters. The van der Waals surface area contributed by atoms with Gasteiger partial charge in [-0.3, -0.25) is 4.79 Å². The zero-order valence-electron chi connectivity index (χ0n) is 13.0. The van der Waals surface area contributed by atoms with Crippen LogP contribution < -0.4 is 5.32 Å². The summed E-state index contributed by atoms with van der Waals surface area (Å²) in [6.45, 7) is 4.05. The van der Waals surface area contributed by atoms with Crippen LogP contribution in [0, 0.1) is 19.8 Å². The van der Waals surface area contributed by atoms with Gasteiger partial charge in [0.1, 0.15) is 0 Å². The number of anilines is 1. The number of benzene rings is 1. The summed E-state index contributed by atoms with van der Waals surface area (Å²) in [6.07, 6.45) is 0.392. The Bertz CT molecular complexity index is 856. The first-order valence-electron chi connectivity index (χ1n) is 7.38. The molecule has 2 aromatic rings. The Morgan fingerprint density at radius 2 is 2.13 bits per heavy atom. The van der Waals surface area contributed by atoms with E-state index in [-0.39, 0.29) is 17.4 Å². The highest BCUT2D eigenvalue weighted by atomic mass is 32.2. The number of nitrogens with one attached hydrogen (secondary N) is 1. The molecule has 122 valence electrons. The second kappa shape index (κ2) is 6.05. The molecular formula is C16H18N2O3S2. The van der Waals surface area contributed by atoms with Crippen molar-refractivity contribution in [2.75, 3.05) is 16.8 Å². The first-order chi connectivity index (χ1) is 10.8. The molecule has 3 rings (SSSR count). The summed E-state index contributed by atoms with van der Waals surface area (Å²) in [5.41, 5.74) is 4.15. The van der Waals surface area contributed by atoms with Crippen LogP contribution in [0.15, 0.2) is 23.6 Å². The van der Waals surface area contributed by atoms with E-state index in [1.54, 1.807) is 0 Å². The Labute approximate surface area is 139 Å². The van der Waals surface area contributed by atoms with Gasteiger partial charge in [0.15, 0.2) is 15.0 Å². The van der Waals surface area contributed by atoms with Gasteiger partial charge in [0, 0.05) is 10.9 Å². The van der Waals surface area contributed by atoms with E-state index < -0.39 is 15.8 Å². The summed E-state index contributed by atoms with van der Waals surface area (Å²) in [5.74, 6) is -0.689. The predicted molar refractivity (Wildman–Crippen MR) is 92.4 cm³/mol. The molecule has 1 saturated heterocycles. The molecule has 1 fully saturated rings. The largest absolute Gasteiger partial charge is 0.302 e. The Morgan fingerprint density at radius 3 is 2.83 bits per heavy atom. The summed E-state index contributed by atoms with van der Waals surface area (Å²) >= 11 is 1.35. The van der Waals surface area contributed by atoms with Crippen molar-refractivity contribution in [3.8, 4) is 11.3 Å². The summed E-state index contributed by atoms with van der Waals surface area (Å²) in [7, 11) is -3.06. The van der Waals surface area contributed by atoms with Crippen molar-refractivity contribution in [2.24, 2.45) is 5.92 Å². The van der Waals surface area contributed by atoms with Gasteiger partial charge in [0.05, 0.1) is 23.1 Å². The Morgan fingerprint density at radius 1 is 1.35 bits per heavy atom. The second-order valence-corrected chi connectivity index (χ2v) is 9.03. The van der Waals surface area contributed by atoms with Gasteiger partial charge in [-0.05, 0) is 31.9 Å². The molecule has 1 aromatic heterocycles. The number of hydrogen-bond donors (Lipinski definition) is 1. The van der Waals surface area contributed by atoms with Crippen molar-refractivity contribution in [3.63, 3.8) is 0 Å². The number of amides is 1. The van der Waals surface area contributed by atoms with Crippen LogP contribution in [-0.4, -0.2) is 30.8 Å². The number of sulfone groups is 1. The molecule has 1 N–H and O–H groups in total. The Hall–Kier alpha value is -1.73. The van der Waals surface area contributed by atoms with E-state index in [0.29, 0.717) is 11.6 Å². The van der Waals surface area contributed by atoms with Crippen LogP contribution in [0.4, 0.5) is 5.13 Å². The van der Waals surface area contributed by atoms with E-state index in [4.69, 9.17) is 0 Å². The van der Waals surface area contributed by atoms with E-state index >= 15 is 0 Å². The minimum atomic E-state index is -3.06. The summed E-state index contributed by atoms with van der Waals surface area (Å²) < 4.78 is 22.9. The third-order valence-electron chi connectivity index (χ3n) is 4.01. The molecule has 7 heteroatoms. The van der Waals surface area contributed by atoms with Gasteiger partial charge in [-0.2, -0.15) is 0 Å². The maximum Gasteiger partial charge on any atom is 0.230 e. The minimum absolute atomic E-state index is 0.0615. The van der Waals surface area contributed by atoms with Crippen LogP contribution in [-0.2, 0) is 14.6 Å². The molecule has 0 radical (unpaired) electrons. The number of hydrogen-bond acceptors (Lipinski definition) is 5. The highest BCUT2D eigenvalue weighted by Gasteiger charge is 2.33. The van der Waals surface area contributed by atoms with Gasteiger partial charge in [-0.25, -0.2) is 13.4 Å². The summed E-state index contributed by atoms with van der Waals surface area (Å²) in [6, 6.07) is 6.17. The zero-order chi connectivity index (χ0) is 16.6. The standard InChI is InChI=1S/C16H18N2O3S2/c1-10-3-4-11(2)13(7-10)14-8-22-16(17-14)18-15(19)12-5-6-23(20,21)9-12/h3-4,7-8,12H,5-6,9H2,1-2H3,(H,17,18,19)/t12-/m0/s1. The number of carbonyl (C=O) groups is 1. The van der Waals surface area contributed by atoms with Crippen molar-refractivity contribution in [1.82, 2.24) is 4.98 Å². The molecule has 23 heavy (non-hydrogen) atoms. The van der Waals surface area contributed by atoms with Crippen molar-refractivity contribution >= 4 is 32.2 Å². The normalized spacial score (nSPS) is 19.7. The zero-order valence-corrected chi connectivity index (χ0v) is 14.6. The average molecular weight is 350 g/mol. The lowest BCUT2D eigenvalue weighted by molar-refractivity contribution is -0.119. The smallest absolute Gasteiger partial charge is 0.230 e. The quantitative estimate of drug-likeness (QED) is 0.923. The van der Waals surface area contributed by atoms with Crippen LogP contribution in [0.5, 0.6) is 0 Å². The number of aryl methyl sites for hydroxylation is 2. The number of aromatic nitrogens is 1. The minimum Gasteiger partial charge on any atom is -0.302 e. The number of nitrogens with zero attached hydrogens (tertiary/aromatic N) is 1. The molecule has 1 amide bonds. The molecule has 1 aromatic carbocycles. The first-order valence-corrected chi connectivity index (χ1v) is 10.1. The molecule has 0 bridgehead atoms.